The first-order valence-corrected chi connectivity index (χ1v) is 7.83. The monoisotopic (exact) mass is 321 g/mol. The summed E-state index contributed by atoms with van der Waals surface area (Å²) in [5.74, 6) is -0.392. The standard InChI is InChI=1S/C17H11N3O2S/c21-17(11-5-6-12-14(9-11)19-8-7-18-12)22-10-16-20-13-3-1-2-4-15(13)23-16/h1-9H,10H2. The van der Waals surface area contributed by atoms with Crippen molar-refractivity contribution in [2.45, 2.75) is 6.61 Å². The molecule has 0 spiro atoms. The molecular formula is C17H11N3O2S. The van der Waals surface area contributed by atoms with Gasteiger partial charge in [-0.15, -0.1) is 11.3 Å². The third-order valence-electron chi connectivity index (χ3n) is 3.37. The zero-order chi connectivity index (χ0) is 15.6. The Kier molecular flexibility index (Phi) is 3.44. The number of fused-ring (bicyclic) bond motifs is 2. The summed E-state index contributed by atoms with van der Waals surface area (Å²) in [5.41, 5.74) is 2.79. The molecular weight excluding hydrogens is 310 g/mol. The first-order chi connectivity index (χ1) is 11.3. The molecule has 0 unspecified atom stereocenters. The Balaban J connectivity index is 1.52. The van der Waals surface area contributed by atoms with Gasteiger partial charge in [-0.3, -0.25) is 9.97 Å². The molecule has 0 atom stereocenters. The second-order valence-electron chi connectivity index (χ2n) is 4.91. The average molecular weight is 321 g/mol. The highest BCUT2D eigenvalue weighted by atomic mass is 32.1. The van der Waals surface area contributed by atoms with Gasteiger partial charge in [0, 0.05) is 12.4 Å². The van der Waals surface area contributed by atoms with Gasteiger partial charge in [-0.1, -0.05) is 12.1 Å². The van der Waals surface area contributed by atoms with Gasteiger partial charge >= 0.3 is 5.97 Å². The van der Waals surface area contributed by atoms with Crippen molar-refractivity contribution in [1.82, 2.24) is 15.0 Å². The van der Waals surface area contributed by atoms with Crippen molar-refractivity contribution in [1.29, 1.82) is 0 Å². The highest BCUT2D eigenvalue weighted by molar-refractivity contribution is 7.18. The van der Waals surface area contributed by atoms with Gasteiger partial charge in [0.25, 0.3) is 0 Å². The van der Waals surface area contributed by atoms with Crippen molar-refractivity contribution in [3.8, 4) is 0 Å². The molecule has 0 N–H and O–H groups in total. The number of benzene rings is 2. The zero-order valence-corrected chi connectivity index (χ0v) is 12.8. The molecule has 0 bridgehead atoms. The Morgan fingerprint density at radius 2 is 1.83 bits per heavy atom. The van der Waals surface area contributed by atoms with E-state index in [1.54, 1.807) is 30.6 Å². The van der Waals surface area contributed by atoms with Gasteiger partial charge in [0.05, 0.1) is 26.8 Å². The van der Waals surface area contributed by atoms with Gasteiger partial charge in [-0.25, -0.2) is 9.78 Å². The van der Waals surface area contributed by atoms with Crippen LogP contribution in [0.2, 0.25) is 0 Å². The maximum atomic E-state index is 12.2. The number of nitrogens with zero attached hydrogens (tertiary/aromatic N) is 3. The average Bonchev–Trinajstić information content (AvgIpc) is 3.02. The lowest BCUT2D eigenvalue weighted by Gasteiger charge is -2.03. The maximum Gasteiger partial charge on any atom is 0.338 e. The minimum absolute atomic E-state index is 0.163. The summed E-state index contributed by atoms with van der Waals surface area (Å²) in [4.78, 5) is 25.0. The molecule has 2 aromatic heterocycles. The molecule has 2 heterocycles. The van der Waals surface area contributed by atoms with Crippen LogP contribution in [0.5, 0.6) is 0 Å². The highest BCUT2D eigenvalue weighted by Crippen LogP contribution is 2.22. The fourth-order valence-electron chi connectivity index (χ4n) is 2.28. The van der Waals surface area contributed by atoms with Crippen LogP contribution in [-0.2, 0) is 11.3 Å². The van der Waals surface area contributed by atoms with E-state index in [4.69, 9.17) is 4.74 Å². The first kappa shape index (κ1) is 13.8. The van der Waals surface area contributed by atoms with E-state index in [1.807, 2.05) is 24.3 Å². The fourth-order valence-corrected chi connectivity index (χ4v) is 3.16. The molecule has 23 heavy (non-hydrogen) atoms. The van der Waals surface area contributed by atoms with Crippen molar-refractivity contribution in [2.24, 2.45) is 0 Å². The Morgan fingerprint density at radius 1 is 1.00 bits per heavy atom. The first-order valence-electron chi connectivity index (χ1n) is 7.02. The number of rotatable bonds is 3. The van der Waals surface area contributed by atoms with Crippen LogP contribution in [0.4, 0.5) is 0 Å². The maximum absolute atomic E-state index is 12.2. The summed E-state index contributed by atoms with van der Waals surface area (Å²) in [6, 6.07) is 13.0. The van der Waals surface area contributed by atoms with Gasteiger partial charge in [0.1, 0.15) is 11.6 Å². The molecule has 4 aromatic rings. The third kappa shape index (κ3) is 2.76. The lowest BCUT2D eigenvalue weighted by atomic mass is 10.2. The van der Waals surface area contributed by atoms with Crippen LogP contribution >= 0.6 is 11.3 Å². The normalized spacial score (nSPS) is 11.0. The van der Waals surface area contributed by atoms with Crippen molar-refractivity contribution >= 4 is 38.6 Å². The van der Waals surface area contributed by atoms with E-state index in [1.165, 1.54) is 11.3 Å². The summed E-state index contributed by atoms with van der Waals surface area (Å²) in [7, 11) is 0. The number of thiazole rings is 1. The minimum Gasteiger partial charge on any atom is -0.455 e. The quantitative estimate of drug-likeness (QED) is 0.539. The number of carbonyl (C=O) groups excluding carboxylic acids is 1. The summed E-state index contributed by atoms with van der Waals surface area (Å²) in [5, 5.41) is 0.778. The molecule has 0 radical (unpaired) electrons. The minimum atomic E-state index is -0.392. The summed E-state index contributed by atoms with van der Waals surface area (Å²) >= 11 is 1.53. The molecule has 0 fully saturated rings. The predicted molar refractivity (Wildman–Crippen MR) is 88.3 cm³/mol. The predicted octanol–water partition coefficient (Wildman–Crippen LogP) is 3.60. The van der Waals surface area contributed by atoms with Gasteiger partial charge in [0.2, 0.25) is 0 Å². The van der Waals surface area contributed by atoms with Crippen molar-refractivity contribution in [2.75, 3.05) is 0 Å². The number of para-hydroxylation sites is 1. The molecule has 0 aliphatic heterocycles. The number of hydrogen-bond donors (Lipinski definition) is 0. The Labute approximate surface area is 135 Å². The van der Waals surface area contributed by atoms with Crippen LogP contribution < -0.4 is 0 Å². The zero-order valence-electron chi connectivity index (χ0n) is 12.0. The number of hydrogen-bond acceptors (Lipinski definition) is 6. The SMILES string of the molecule is O=C(OCc1nc2ccccc2s1)c1ccc2nccnc2c1. The van der Waals surface area contributed by atoms with Gasteiger partial charge in [-0.2, -0.15) is 0 Å². The molecule has 6 heteroatoms. The highest BCUT2D eigenvalue weighted by Gasteiger charge is 2.11. The van der Waals surface area contributed by atoms with Crippen molar-refractivity contribution in [3.05, 3.63) is 65.4 Å². The summed E-state index contributed by atoms with van der Waals surface area (Å²) in [6.45, 7) is 0.163. The molecule has 0 aliphatic rings. The second kappa shape index (κ2) is 5.73. The van der Waals surface area contributed by atoms with Crippen LogP contribution in [0.3, 0.4) is 0 Å². The third-order valence-corrected chi connectivity index (χ3v) is 4.38. The Bertz CT molecular complexity index is 980. The number of ether oxygens (including phenoxy) is 1. The molecule has 0 amide bonds. The number of esters is 1. The van der Waals surface area contributed by atoms with E-state index in [0.29, 0.717) is 11.1 Å². The molecule has 2 aromatic carbocycles. The van der Waals surface area contributed by atoms with E-state index in [9.17, 15) is 4.79 Å². The molecule has 0 saturated carbocycles. The summed E-state index contributed by atoms with van der Waals surface area (Å²) in [6.07, 6.45) is 3.21. The molecule has 0 saturated heterocycles. The topological polar surface area (TPSA) is 65.0 Å². The second-order valence-corrected chi connectivity index (χ2v) is 6.03. The van der Waals surface area contributed by atoms with E-state index in [0.717, 1.165) is 20.7 Å². The van der Waals surface area contributed by atoms with E-state index >= 15 is 0 Å². The van der Waals surface area contributed by atoms with Crippen molar-refractivity contribution in [3.63, 3.8) is 0 Å². The van der Waals surface area contributed by atoms with Crippen LogP contribution in [0, 0.1) is 0 Å². The smallest absolute Gasteiger partial charge is 0.338 e. The summed E-state index contributed by atoms with van der Waals surface area (Å²) < 4.78 is 6.44. The Morgan fingerprint density at radius 3 is 2.70 bits per heavy atom. The molecule has 112 valence electrons. The Hall–Kier alpha value is -2.86. The number of aromatic nitrogens is 3. The largest absolute Gasteiger partial charge is 0.455 e. The molecule has 5 nitrogen and oxygen atoms in total. The van der Waals surface area contributed by atoms with Crippen LogP contribution in [0.25, 0.3) is 21.3 Å². The lowest BCUT2D eigenvalue weighted by molar-refractivity contribution is 0.0473. The van der Waals surface area contributed by atoms with Gasteiger partial charge in [0.15, 0.2) is 0 Å². The van der Waals surface area contributed by atoms with E-state index in [-0.39, 0.29) is 6.61 Å². The van der Waals surface area contributed by atoms with Gasteiger partial charge < -0.3 is 4.74 Å². The lowest BCUT2D eigenvalue weighted by Crippen LogP contribution is -2.05. The van der Waals surface area contributed by atoms with Gasteiger partial charge in [-0.05, 0) is 30.3 Å². The van der Waals surface area contributed by atoms with Crippen LogP contribution in [0.15, 0.2) is 54.9 Å². The number of carbonyl (C=O) groups is 1. The van der Waals surface area contributed by atoms with E-state index in [2.05, 4.69) is 15.0 Å². The molecule has 4 rings (SSSR count). The fraction of sp³-hybridized carbons (Fsp3) is 0.0588. The van der Waals surface area contributed by atoms with Crippen LogP contribution in [-0.4, -0.2) is 20.9 Å². The van der Waals surface area contributed by atoms with E-state index < -0.39 is 5.97 Å². The molecule has 0 aliphatic carbocycles. The van der Waals surface area contributed by atoms with Crippen molar-refractivity contribution < 1.29 is 9.53 Å². The van der Waals surface area contributed by atoms with Crippen LogP contribution in [0.1, 0.15) is 15.4 Å².